The number of nitrogens with one attached hydrogen (secondary N) is 1. The Morgan fingerprint density at radius 1 is 1.22 bits per heavy atom. The lowest BCUT2D eigenvalue weighted by atomic mass is 10.1. The van der Waals surface area contributed by atoms with Crippen molar-refractivity contribution in [3.63, 3.8) is 0 Å². The molecule has 0 spiro atoms. The normalized spacial score (nSPS) is 10.5. The highest BCUT2D eigenvalue weighted by molar-refractivity contribution is 5.73. The minimum Gasteiger partial charge on any atom is -0.478 e. The molecule has 5 nitrogen and oxygen atoms in total. The number of hydrogen-bond donors (Lipinski definition) is 1. The zero-order valence-corrected chi connectivity index (χ0v) is 14.5. The zero-order valence-electron chi connectivity index (χ0n) is 14.5. The first-order chi connectivity index (χ1) is 11.0. The fourth-order valence-corrected chi connectivity index (χ4v) is 2.44. The van der Waals surface area contributed by atoms with E-state index in [2.05, 4.69) is 28.8 Å². The molecule has 0 aromatic carbocycles. The zero-order chi connectivity index (χ0) is 17.0. The summed E-state index contributed by atoms with van der Waals surface area (Å²) in [4.78, 5) is 14.0. The van der Waals surface area contributed by atoms with Crippen molar-refractivity contribution in [1.29, 1.82) is 0 Å². The Morgan fingerprint density at radius 3 is 2.52 bits per heavy atom. The van der Waals surface area contributed by atoms with Crippen molar-refractivity contribution in [2.24, 2.45) is 0 Å². The monoisotopic (exact) mass is 312 g/mol. The Labute approximate surface area is 137 Å². The standard InChI is InChI=1S/C18H24N4O/c1-7-14-13(9-10-15(21-14)23-8-2)17-12(5)20-18(19-6)16(22-17)11(3)4/h9-10H,3,7-8H2,1-2,4-6H3,(H,19,20). The second-order valence-electron chi connectivity index (χ2n) is 5.32. The third kappa shape index (κ3) is 3.50. The van der Waals surface area contributed by atoms with E-state index in [1.54, 1.807) is 0 Å². The Morgan fingerprint density at radius 2 is 1.96 bits per heavy atom. The summed E-state index contributed by atoms with van der Waals surface area (Å²) in [5.74, 6) is 1.39. The first kappa shape index (κ1) is 16.9. The van der Waals surface area contributed by atoms with Crippen molar-refractivity contribution < 1.29 is 4.74 Å². The topological polar surface area (TPSA) is 59.9 Å². The second kappa shape index (κ2) is 7.22. The molecule has 5 heteroatoms. The van der Waals surface area contributed by atoms with Gasteiger partial charge in [-0.3, -0.25) is 0 Å². The van der Waals surface area contributed by atoms with Gasteiger partial charge in [0.25, 0.3) is 0 Å². The lowest BCUT2D eigenvalue weighted by Crippen LogP contribution is -2.06. The maximum atomic E-state index is 5.50. The van der Waals surface area contributed by atoms with E-state index in [1.807, 2.05) is 40.0 Å². The Hall–Kier alpha value is -2.43. The van der Waals surface area contributed by atoms with Crippen LogP contribution in [0.3, 0.4) is 0 Å². The molecule has 1 N–H and O–H groups in total. The highest BCUT2D eigenvalue weighted by Gasteiger charge is 2.16. The smallest absolute Gasteiger partial charge is 0.213 e. The van der Waals surface area contributed by atoms with E-state index in [1.165, 1.54) is 0 Å². The summed E-state index contributed by atoms with van der Waals surface area (Å²) < 4.78 is 5.50. The molecule has 0 atom stereocenters. The summed E-state index contributed by atoms with van der Waals surface area (Å²) in [6, 6.07) is 3.89. The number of hydrogen-bond acceptors (Lipinski definition) is 5. The Bertz CT molecular complexity index is 725. The van der Waals surface area contributed by atoms with Gasteiger partial charge < -0.3 is 10.1 Å². The van der Waals surface area contributed by atoms with Crippen molar-refractivity contribution in [3.8, 4) is 17.1 Å². The highest BCUT2D eigenvalue weighted by Crippen LogP contribution is 2.29. The van der Waals surface area contributed by atoms with Crippen molar-refractivity contribution in [1.82, 2.24) is 15.0 Å². The molecule has 2 aromatic heterocycles. The van der Waals surface area contributed by atoms with Crippen LogP contribution >= 0.6 is 0 Å². The number of anilines is 1. The van der Waals surface area contributed by atoms with E-state index < -0.39 is 0 Å². The number of pyridine rings is 1. The molecule has 2 heterocycles. The van der Waals surface area contributed by atoms with Gasteiger partial charge in [-0.2, -0.15) is 0 Å². The number of aryl methyl sites for hydroxylation is 2. The molecular formula is C18H24N4O. The Kier molecular flexibility index (Phi) is 5.32. The van der Waals surface area contributed by atoms with Crippen molar-refractivity contribution in [3.05, 3.63) is 35.8 Å². The van der Waals surface area contributed by atoms with Crippen LogP contribution in [0, 0.1) is 6.92 Å². The number of rotatable bonds is 6. The molecule has 0 saturated carbocycles. The van der Waals surface area contributed by atoms with E-state index >= 15 is 0 Å². The van der Waals surface area contributed by atoms with E-state index in [4.69, 9.17) is 9.72 Å². The second-order valence-corrected chi connectivity index (χ2v) is 5.32. The number of ether oxygens (including phenoxy) is 1. The minimum atomic E-state index is 0.602. The first-order valence-electron chi connectivity index (χ1n) is 7.87. The number of aromatic nitrogens is 3. The summed E-state index contributed by atoms with van der Waals surface area (Å²) in [5, 5.41) is 3.08. The molecule has 23 heavy (non-hydrogen) atoms. The van der Waals surface area contributed by atoms with Crippen LogP contribution in [0.4, 0.5) is 5.82 Å². The molecule has 0 aliphatic carbocycles. The third-order valence-electron chi connectivity index (χ3n) is 3.54. The molecule has 122 valence electrons. The van der Waals surface area contributed by atoms with Crippen molar-refractivity contribution in [2.75, 3.05) is 19.0 Å². The molecule has 0 aliphatic heterocycles. The van der Waals surface area contributed by atoms with Crippen LogP contribution in [0.5, 0.6) is 5.88 Å². The molecule has 0 radical (unpaired) electrons. The fraction of sp³-hybridized carbons (Fsp3) is 0.389. The van der Waals surface area contributed by atoms with Gasteiger partial charge in [-0.05, 0) is 38.8 Å². The lowest BCUT2D eigenvalue weighted by molar-refractivity contribution is 0.326. The summed E-state index contributed by atoms with van der Waals surface area (Å²) in [7, 11) is 1.84. The molecule has 2 aromatic rings. The van der Waals surface area contributed by atoms with Crippen LogP contribution in [-0.4, -0.2) is 28.6 Å². The largest absolute Gasteiger partial charge is 0.478 e. The van der Waals surface area contributed by atoms with Crippen LogP contribution in [0.2, 0.25) is 0 Å². The molecule has 0 unspecified atom stereocenters. The van der Waals surface area contributed by atoms with Gasteiger partial charge in [0.2, 0.25) is 5.88 Å². The SMILES string of the molecule is C=C(C)c1nc(-c2ccc(OCC)nc2CC)c(C)nc1NC. The maximum absolute atomic E-state index is 5.50. The van der Waals surface area contributed by atoms with Crippen molar-refractivity contribution in [2.45, 2.75) is 34.1 Å². The van der Waals surface area contributed by atoms with Crippen molar-refractivity contribution >= 4 is 11.4 Å². The summed E-state index contributed by atoms with van der Waals surface area (Å²) >= 11 is 0. The molecule has 2 rings (SSSR count). The van der Waals surface area contributed by atoms with Gasteiger partial charge in [0.05, 0.1) is 23.7 Å². The van der Waals surface area contributed by atoms with E-state index in [0.29, 0.717) is 12.5 Å². The van der Waals surface area contributed by atoms with E-state index in [9.17, 15) is 0 Å². The predicted octanol–water partition coefficient (Wildman–Crippen LogP) is 3.88. The van der Waals surface area contributed by atoms with Gasteiger partial charge in [0.1, 0.15) is 5.69 Å². The van der Waals surface area contributed by atoms with Gasteiger partial charge in [0, 0.05) is 18.7 Å². The van der Waals surface area contributed by atoms with Gasteiger partial charge in [0.15, 0.2) is 5.82 Å². The average molecular weight is 312 g/mol. The van der Waals surface area contributed by atoms with E-state index in [0.717, 1.165) is 46.2 Å². The quantitative estimate of drug-likeness (QED) is 0.877. The average Bonchev–Trinajstić information content (AvgIpc) is 2.54. The summed E-state index contributed by atoms with van der Waals surface area (Å²) in [6.45, 7) is 12.5. The van der Waals surface area contributed by atoms with Gasteiger partial charge >= 0.3 is 0 Å². The van der Waals surface area contributed by atoms with Crippen LogP contribution in [0.25, 0.3) is 16.8 Å². The van der Waals surface area contributed by atoms with Gasteiger partial charge in [-0.1, -0.05) is 13.5 Å². The lowest BCUT2D eigenvalue weighted by Gasteiger charge is -2.15. The van der Waals surface area contributed by atoms with Gasteiger partial charge in [-0.25, -0.2) is 15.0 Å². The first-order valence-corrected chi connectivity index (χ1v) is 7.87. The predicted molar refractivity (Wildman–Crippen MR) is 94.8 cm³/mol. The molecule has 0 bridgehead atoms. The summed E-state index contributed by atoms with van der Waals surface area (Å²) in [6.07, 6.45) is 0.799. The molecule has 0 aliphatic rings. The summed E-state index contributed by atoms with van der Waals surface area (Å²) in [5.41, 5.74) is 5.31. The fourth-order valence-electron chi connectivity index (χ4n) is 2.44. The van der Waals surface area contributed by atoms with Crippen LogP contribution in [0.1, 0.15) is 37.9 Å². The van der Waals surface area contributed by atoms with Crippen LogP contribution in [-0.2, 0) is 6.42 Å². The van der Waals surface area contributed by atoms with E-state index in [-0.39, 0.29) is 0 Å². The third-order valence-corrected chi connectivity index (χ3v) is 3.54. The van der Waals surface area contributed by atoms with Crippen LogP contribution in [0.15, 0.2) is 18.7 Å². The minimum absolute atomic E-state index is 0.602. The molecule has 0 fully saturated rings. The number of allylic oxidation sites excluding steroid dienone is 1. The molecule has 0 amide bonds. The Balaban J connectivity index is 2.61. The molecule has 0 saturated heterocycles. The maximum Gasteiger partial charge on any atom is 0.213 e. The number of nitrogens with zero attached hydrogens (tertiary/aromatic N) is 3. The molecular weight excluding hydrogens is 288 g/mol. The van der Waals surface area contributed by atoms with Crippen LogP contribution < -0.4 is 10.1 Å². The highest BCUT2D eigenvalue weighted by atomic mass is 16.5. The van der Waals surface area contributed by atoms with Gasteiger partial charge in [-0.15, -0.1) is 0 Å².